The van der Waals surface area contributed by atoms with Gasteiger partial charge in [-0.25, -0.2) is 0 Å². The number of esters is 1. The highest BCUT2D eigenvalue weighted by atomic mass is 16.5. The summed E-state index contributed by atoms with van der Waals surface area (Å²) in [5, 5.41) is 8.74. The minimum Gasteiger partial charge on any atom is -0.497 e. The molecular weight excluding hydrogens is 326 g/mol. The third-order valence-corrected chi connectivity index (χ3v) is 3.50. The van der Waals surface area contributed by atoms with Gasteiger partial charge < -0.3 is 24.2 Å². The molecule has 1 rings (SSSR count). The number of hydrogen-bond donors (Lipinski definition) is 1. The number of aliphatic hydroxyl groups excluding tert-OH is 1. The van der Waals surface area contributed by atoms with Crippen LogP contribution in [0.2, 0.25) is 0 Å². The predicted octanol–water partition coefficient (Wildman–Crippen LogP) is 1.03. The molecule has 0 spiro atoms. The molecule has 0 fully saturated rings. The number of methoxy groups -OCH3 is 1. The Balaban J connectivity index is 2.60. The van der Waals surface area contributed by atoms with E-state index in [4.69, 9.17) is 19.3 Å². The fourth-order valence-corrected chi connectivity index (χ4v) is 2.19. The van der Waals surface area contributed by atoms with Crippen molar-refractivity contribution in [3.8, 4) is 5.75 Å². The van der Waals surface area contributed by atoms with Crippen molar-refractivity contribution in [2.75, 3.05) is 46.6 Å². The molecule has 0 aliphatic heterocycles. The first kappa shape index (κ1) is 20.9. The van der Waals surface area contributed by atoms with Crippen LogP contribution in [0.15, 0.2) is 24.3 Å². The molecule has 0 atom stereocenters. The van der Waals surface area contributed by atoms with E-state index in [1.165, 1.54) is 0 Å². The predicted molar refractivity (Wildman–Crippen MR) is 92.4 cm³/mol. The summed E-state index contributed by atoms with van der Waals surface area (Å²) >= 11 is 0. The van der Waals surface area contributed by atoms with Crippen molar-refractivity contribution in [1.82, 2.24) is 4.90 Å². The highest BCUT2D eigenvalue weighted by Crippen LogP contribution is 2.12. The zero-order valence-corrected chi connectivity index (χ0v) is 14.9. The molecule has 7 nitrogen and oxygen atoms in total. The Hall–Kier alpha value is -2.12. The highest BCUT2D eigenvalue weighted by molar-refractivity contribution is 5.79. The van der Waals surface area contributed by atoms with Crippen molar-refractivity contribution in [2.24, 2.45) is 0 Å². The molecule has 7 heteroatoms. The van der Waals surface area contributed by atoms with E-state index in [1.807, 2.05) is 12.1 Å². The van der Waals surface area contributed by atoms with Gasteiger partial charge in [-0.1, -0.05) is 12.1 Å². The summed E-state index contributed by atoms with van der Waals surface area (Å²) < 4.78 is 15.2. The van der Waals surface area contributed by atoms with Crippen molar-refractivity contribution in [2.45, 2.75) is 19.8 Å². The van der Waals surface area contributed by atoms with Crippen LogP contribution in [-0.2, 0) is 25.5 Å². The van der Waals surface area contributed by atoms with Crippen LogP contribution in [0.3, 0.4) is 0 Å². The van der Waals surface area contributed by atoms with Gasteiger partial charge in [0.25, 0.3) is 0 Å². The van der Waals surface area contributed by atoms with Gasteiger partial charge in [0, 0.05) is 13.1 Å². The molecule has 0 aromatic heterocycles. The van der Waals surface area contributed by atoms with E-state index in [-0.39, 0.29) is 44.5 Å². The maximum atomic E-state index is 12.5. The lowest BCUT2D eigenvalue weighted by Gasteiger charge is -2.22. The van der Waals surface area contributed by atoms with Gasteiger partial charge in [-0.2, -0.15) is 0 Å². The summed E-state index contributed by atoms with van der Waals surface area (Å²) in [7, 11) is 1.59. The Morgan fingerprint density at radius 2 is 1.84 bits per heavy atom. The van der Waals surface area contributed by atoms with Crippen LogP contribution in [0.1, 0.15) is 18.9 Å². The molecule has 0 aliphatic carbocycles. The fraction of sp³-hybridized carbons (Fsp3) is 0.556. The van der Waals surface area contributed by atoms with Gasteiger partial charge in [0.2, 0.25) is 5.91 Å². The lowest BCUT2D eigenvalue weighted by atomic mass is 10.1. The van der Waals surface area contributed by atoms with E-state index < -0.39 is 0 Å². The smallest absolute Gasteiger partial charge is 0.307 e. The number of amides is 1. The number of carbonyl (C=O) groups excluding carboxylic acids is 2. The van der Waals surface area contributed by atoms with Crippen molar-refractivity contribution < 1.29 is 28.9 Å². The van der Waals surface area contributed by atoms with Crippen molar-refractivity contribution in [3.05, 3.63) is 29.8 Å². The van der Waals surface area contributed by atoms with E-state index in [1.54, 1.807) is 31.1 Å². The Kier molecular flexibility index (Phi) is 10.3. The average Bonchev–Trinajstić information content (AvgIpc) is 2.62. The normalized spacial score (nSPS) is 10.4. The second-order valence-electron chi connectivity index (χ2n) is 5.30. The maximum Gasteiger partial charge on any atom is 0.307 e. The van der Waals surface area contributed by atoms with Gasteiger partial charge in [-0.15, -0.1) is 0 Å². The largest absolute Gasteiger partial charge is 0.497 e. The van der Waals surface area contributed by atoms with Crippen molar-refractivity contribution in [1.29, 1.82) is 0 Å². The minimum atomic E-state index is -0.332. The van der Waals surface area contributed by atoms with Gasteiger partial charge >= 0.3 is 5.97 Å². The van der Waals surface area contributed by atoms with E-state index in [0.717, 1.165) is 11.3 Å². The summed E-state index contributed by atoms with van der Waals surface area (Å²) in [6.45, 7) is 3.15. The molecule has 0 unspecified atom stereocenters. The second-order valence-corrected chi connectivity index (χ2v) is 5.30. The van der Waals surface area contributed by atoms with E-state index >= 15 is 0 Å². The molecule has 0 saturated heterocycles. The van der Waals surface area contributed by atoms with E-state index in [2.05, 4.69) is 0 Å². The van der Waals surface area contributed by atoms with Gasteiger partial charge in [-0.3, -0.25) is 9.59 Å². The Bertz CT molecular complexity index is 517. The van der Waals surface area contributed by atoms with Crippen LogP contribution in [0, 0.1) is 0 Å². The Morgan fingerprint density at radius 1 is 1.12 bits per heavy atom. The molecule has 1 aromatic carbocycles. The summed E-state index contributed by atoms with van der Waals surface area (Å²) in [5.41, 5.74) is 0.864. The van der Waals surface area contributed by atoms with Crippen LogP contribution in [0.4, 0.5) is 0 Å². The number of aliphatic hydroxyl groups is 1. The lowest BCUT2D eigenvalue weighted by Crippen LogP contribution is -2.37. The number of hydrogen-bond acceptors (Lipinski definition) is 6. The molecule has 0 aliphatic rings. The molecule has 0 bridgehead atoms. The first-order chi connectivity index (χ1) is 12.1. The van der Waals surface area contributed by atoms with Gasteiger partial charge in [0.05, 0.1) is 46.4 Å². The molecule has 0 saturated carbocycles. The third kappa shape index (κ3) is 8.51. The first-order valence-electron chi connectivity index (χ1n) is 8.35. The quantitative estimate of drug-likeness (QED) is 0.446. The third-order valence-electron chi connectivity index (χ3n) is 3.50. The molecule has 0 radical (unpaired) electrons. The molecule has 1 aromatic rings. The number of rotatable bonds is 12. The van der Waals surface area contributed by atoms with Gasteiger partial charge in [0.1, 0.15) is 5.75 Å². The summed E-state index contributed by atoms with van der Waals surface area (Å²) in [4.78, 5) is 25.7. The summed E-state index contributed by atoms with van der Waals surface area (Å²) in [5.74, 6) is 0.302. The lowest BCUT2D eigenvalue weighted by molar-refractivity contribution is -0.144. The number of benzene rings is 1. The zero-order chi connectivity index (χ0) is 18.5. The number of ether oxygens (including phenoxy) is 3. The van der Waals surface area contributed by atoms with Crippen molar-refractivity contribution in [3.63, 3.8) is 0 Å². The van der Waals surface area contributed by atoms with E-state index in [0.29, 0.717) is 19.8 Å². The molecule has 1 amide bonds. The van der Waals surface area contributed by atoms with Crippen LogP contribution in [0.25, 0.3) is 0 Å². The number of nitrogens with zero attached hydrogens (tertiary/aromatic N) is 1. The molecule has 0 heterocycles. The Labute approximate surface area is 148 Å². The molecule has 25 heavy (non-hydrogen) atoms. The van der Waals surface area contributed by atoms with Crippen molar-refractivity contribution >= 4 is 11.9 Å². The van der Waals surface area contributed by atoms with Crippen LogP contribution in [-0.4, -0.2) is 68.5 Å². The summed E-state index contributed by atoms with van der Waals surface area (Å²) in [6, 6.07) is 7.27. The fourth-order valence-electron chi connectivity index (χ4n) is 2.19. The average molecular weight is 353 g/mol. The van der Waals surface area contributed by atoms with Gasteiger partial charge in [-0.05, 0) is 24.6 Å². The molecule has 1 N–H and O–H groups in total. The van der Waals surface area contributed by atoms with E-state index in [9.17, 15) is 9.59 Å². The monoisotopic (exact) mass is 353 g/mol. The zero-order valence-electron chi connectivity index (χ0n) is 14.9. The maximum absolute atomic E-state index is 12.5. The number of carbonyl (C=O) groups is 2. The van der Waals surface area contributed by atoms with Crippen LogP contribution < -0.4 is 4.74 Å². The Morgan fingerprint density at radius 3 is 2.44 bits per heavy atom. The standard InChI is InChI=1S/C18H27NO6/c1-3-25-18(22)8-9-19(10-12-24-13-11-20)17(21)14-15-4-6-16(23-2)7-5-15/h4-7,20H,3,8-14H2,1-2H3. The SMILES string of the molecule is CCOC(=O)CCN(CCOCCO)C(=O)Cc1ccc(OC)cc1. The second kappa shape index (κ2) is 12.3. The highest BCUT2D eigenvalue weighted by Gasteiger charge is 2.16. The van der Waals surface area contributed by atoms with Crippen LogP contribution >= 0.6 is 0 Å². The topological polar surface area (TPSA) is 85.3 Å². The van der Waals surface area contributed by atoms with Crippen LogP contribution in [0.5, 0.6) is 5.75 Å². The molecule has 140 valence electrons. The van der Waals surface area contributed by atoms with Gasteiger partial charge in [0.15, 0.2) is 0 Å². The molecular formula is C18H27NO6. The summed E-state index contributed by atoms with van der Waals surface area (Å²) in [6.07, 6.45) is 0.370. The first-order valence-corrected chi connectivity index (χ1v) is 8.35. The minimum absolute atomic E-state index is 0.0668.